The van der Waals surface area contributed by atoms with Gasteiger partial charge in [-0.3, -0.25) is 9.10 Å². The molecule has 28 heavy (non-hydrogen) atoms. The van der Waals surface area contributed by atoms with Crippen molar-refractivity contribution in [3.05, 3.63) is 96.6 Å². The minimum atomic E-state index is -3.88. The zero-order valence-electron chi connectivity index (χ0n) is 15.5. The second-order valence-electron chi connectivity index (χ2n) is 6.36. The molecule has 3 rings (SSSR count). The van der Waals surface area contributed by atoms with Crippen LogP contribution in [-0.4, -0.2) is 20.9 Å². The number of hydrogen-bond donors (Lipinski definition) is 1. The molecule has 3 aromatic rings. The summed E-state index contributed by atoms with van der Waals surface area (Å²) in [6.07, 6.45) is 0. The molecule has 0 aromatic heterocycles. The number of anilines is 1. The van der Waals surface area contributed by atoms with Crippen molar-refractivity contribution in [3.63, 3.8) is 0 Å². The number of benzene rings is 3. The van der Waals surface area contributed by atoms with E-state index in [1.807, 2.05) is 37.3 Å². The summed E-state index contributed by atoms with van der Waals surface area (Å²) in [5, 5.41) is 2.87. The summed E-state index contributed by atoms with van der Waals surface area (Å²) in [5.41, 5.74) is 1.39. The van der Waals surface area contributed by atoms with Gasteiger partial charge in [-0.05, 0) is 36.8 Å². The molecule has 0 aliphatic rings. The fourth-order valence-electron chi connectivity index (χ4n) is 2.87. The van der Waals surface area contributed by atoms with Gasteiger partial charge in [-0.1, -0.05) is 66.7 Å². The molecular weight excluding hydrogens is 372 g/mol. The summed E-state index contributed by atoms with van der Waals surface area (Å²) >= 11 is 0. The number of sulfonamides is 1. The van der Waals surface area contributed by atoms with Gasteiger partial charge in [-0.2, -0.15) is 0 Å². The standard InChI is InChI=1S/C22H22N2O3S/c1-18(19-11-5-2-6-12-19)23-22(25)17-24(20-13-7-3-8-14-20)28(26,27)21-15-9-4-10-16-21/h2-16,18H,17H2,1H3,(H,23,25). The molecule has 0 aliphatic carbocycles. The zero-order chi connectivity index (χ0) is 20.0. The van der Waals surface area contributed by atoms with Crippen molar-refractivity contribution in [3.8, 4) is 0 Å². The molecule has 5 nitrogen and oxygen atoms in total. The molecule has 1 N–H and O–H groups in total. The molecule has 0 aliphatic heterocycles. The molecular formula is C22H22N2O3S. The average molecular weight is 394 g/mol. The van der Waals surface area contributed by atoms with E-state index in [0.29, 0.717) is 5.69 Å². The summed E-state index contributed by atoms with van der Waals surface area (Å²) < 4.78 is 27.5. The predicted molar refractivity (Wildman–Crippen MR) is 110 cm³/mol. The largest absolute Gasteiger partial charge is 0.348 e. The van der Waals surface area contributed by atoms with Crippen molar-refractivity contribution in [1.29, 1.82) is 0 Å². The van der Waals surface area contributed by atoms with Crippen LogP contribution in [0.5, 0.6) is 0 Å². The van der Waals surface area contributed by atoms with Gasteiger partial charge in [0.15, 0.2) is 0 Å². The van der Waals surface area contributed by atoms with Gasteiger partial charge >= 0.3 is 0 Å². The SMILES string of the molecule is CC(NC(=O)CN(c1ccccc1)S(=O)(=O)c1ccccc1)c1ccccc1. The van der Waals surface area contributed by atoms with Gasteiger partial charge in [0.25, 0.3) is 10.0 Å². The summed E-state index contributed by atoms with van der Waals surface area (Å²) in [6.45, 7) is 1.56. The average Bonchev–Trinajstić information content (AvgIpc) is 2.74. The number of nitrogens with zero attached hydrogens (tertiary/aromatic N) is 1. The quantitative estimate of drug-likeness (QED) is 0.664. The summed E-state index contributed by atoms with van der Waals surface area (Å²) in [7, 11) is -3.88. The first-order chi connectivity index (χ1) is 13.5. The second kappa shape index (κ2) is 8.71. The van der Waals surface area contributed by atoms with Gasteiger partial charge in [0.1, 0.15) is 6.54 Å². The molecule has 0 bridgehead atoms. The predicted octanol–water partition coefficient (Wildman–Crippen LogP) is 3.76. The monoisotopic (exact) mass is 394 g/mol. The summed E-state index contributed by atoms with van der Waals surface area (Å²) in [5.74, 6) is -0.375. The molecule has 0 radical (unpaired) electrons. The third-order valence-electron chi connectivity index (χ3n) is 4.34. The molecule has 1 unspecified atom stereocenters. The number of nitrogens with one attached hydrogen (secondary N) is 1. The minimum absolute atomic E-state index is 0.141. The Kier molecular flexibility index (Phi) is 6.11. The highest BCUT2D eigenvalue weighted by atomic mass is 32.2. The third-order valence-corrected chi connectivity index (χ3v) is 6.13. The van der Waals surface area contributed by atoms with Crippen LogP contribution in [0.1, 0.15) is 18.5 Å². The molecule has 0 spiro atoms. The Morgan fingerprint density at radius 3 is 1.93 bits per heavy atom. The van der Waals surface area contributed by atoms with Crippen molar-refractivity contribution in [2.45, 2.75) is 17.9 Å². The Labute approximate surface area is 165 Å². The topological polar surface area (TPSA) is 66.5 Å². The molecule has 144 valence electrons. The van der Waals surface area contributed by atoms with Crippen LogP contribution >= 0.6 is 0 Å². The lowest BCUT2D eigenvalue weighted by Crippen LogP contribution is -2.41. The lowest BCUT2D eigenvalue weighted by atomic mass is 10.1. The lowest BCUT2D eigenvalue weighted by Gasteiger charge is -2.25. The molecule has 0 fully saturated rings. The van der Waals surface area contributed by atoms with Crippen LogP contribution < -0.4 is 9.62 Å². The van der Waals surface area contributed by atoms with Crippen LogP contribution in [0, 0.1) is 0 Å². The summed E-state index contributed by atoms with van der Waals surface area (Å²) in [6, 6.07) is 26.1. The Bertz CT molecular complexity index is 1010. The smallest absolute Gasteiger partial charge is 0.264 e. The second-order valence-corrected chi connectivity index (χ2v) is 8.22. The Morgan fingerprint density at radius 2 is 1.36 bits per heavy atom. The Hall–Kier alpha value is -3.12. The van der Waals surface area contributed by atoms with Crippen LogP contribution in [0.25, 0.3) is 0 Å². The van der Waals surface area contributed by atoms with Crippen LogP contribution in [0.4, 0.5) is 5.69 Å². The van der Waals surface area contributed by atoms with E-state index in [1.54, 1.807) is 48.5 Å². The highest BCUT2D eigenvalue weighted by molar-refractivity contribution is 7.92. The van der Waals surface area contributed by atoms with E-state index in [2.05, 4.69) is 5.32 Å². The maximum absolute atomic E-state index is 13.2. The van der Waals surface area contributed by atoms with Gasteiger partial charge in [0, 0.05) is 0 Å². The van der Waals surface area contributed by atoms with Gasteiger partial charge in [-0.15, -0.1) is 0 Å². The van der Waals surface area contributed by atoms with E-state index >= 15 is 0 Å². The van der Waals surface area contributed by atoms with Crippen molar-refractivity contribution in [2.24, 2.45) is 0 Å². The maximum Gasteiger partial charge on any atom is 0.264 e. The first-order valence-corrected chi connectivity index (χ1v) is 10.4. The molecule has 1 atom stereocenters. The number of carbonyl (C=O) groups excluding carboxylic acids is 1. The van der Waals surface area contributed by atoms with Crippen LogP contribution in [-0.2, 0) is 14.8 Å². The van der Waals surface area contributed by atoms with E-state index in [9.17, 15) is 13.2 Å². The minimum Gasteiger partial charge on any atom is -0.348 e. The third kappa shape index (κ3) is 4.58. The van der Waals surface area contributed by atoms with Gasteiger partial charge in [0.05, 0.1) is 16.6 Å². The van der Waals surface area contributed by atoms with Crippen molar-refractivity contribution in [2.75, 3.05) is 10.8 Å². The highest BCUT2D eigenvalue weighted by Gasteiger charge is 2.27. The number of hydrogen-bond acceptors (Lipinski definition) is 3. The van der Waals surface area contributed by atoms with E-state index in [-0.39, 0.29) is 23.4 Å². The number of carbonyl (C=O) groups is 1. The number of para-hydroxylation sites is 1. The fraction of sp³-hybridized carbons (Fsp3) is 0.136. The highest BCUT2D eigenvalue weighted by Crippen LogP contribution is 2.23. The maximum atomic E-state index is 13.2. The van der Waals surface area contributed by atoms with E-state index in [4.69, 9.17) is 0 Å². The van der Waals surface area contributed by atoms with Gasteiger partial charge < -0.3 is 5.32 Å². The first kappa shape index (κ1) is 19.6. The van der Waals surface area contributed by atoms with E-state index < -0.39 is 10.0 Å². The Balaban J connectivity index is 1.85. The molecule has 0 saturated carbocycles. The molecule has 3 aromatic carbocycles. The van der Waals surface area contributed by atoms with Crippen molar-refractivity contribution < 1.29 is 13.2 Å². The van der Waals surface area contributed by atoms with Crippen LogP contribution in [0.2, 0.25) is 0 Å². The van der Waals surface area contributed by atoms with Crippen molar-refractivity contribution >= 4 is 21.6 Å². The molecule has 1 amide bonds. The fourth-order valence-corrected chi connectivity index (χ4v) is 4.31. The Morgan fingerprint density at radius 1 is 0.857 bits per heavy atom. The van der Waals surface area contributed by atoms with Crippen LogP contribution in [0.15, 0.2) is 95.9 Å². The summed E-state index contributed by atoms with van der Waals surface area (Å²) in [4.78, 5) is 12.8. The zero-order valence-corrected chi connectivity index (χ0v) is 16.3. The van der Waals surface area contributed by atoms with Gasteiger partial charge in [-0.25, -0.2) is 8.42 Å². The first-order valence-electron chi connectivity index (χ1n) is 8.95. The molecule has 6 heteroatoms. The number of rotatable bonds is 7. The van der Waals surface area contributed by atoms with Crippen molar-refractivity contribution in [1.82, 2.24) is 5.32 Å². The van der Waals surface area contributed by atoms with Gasteiger partial charge in [0.2, 0.25) is 5.91 Å². The molecule has 0 heterocycles. The van der Waals surface area contributed by atoms with E-state index in [0.717, 1.165) is 9.87 Å². The normalized spacial score (nSPS) is 12.2. The van der Waals surface area contributed by atoms with E-state index in [1.165, 1.54) is 12.1 Å². The number of amides is 1. The lowest BCUT2D eigenvalue weighted by molar-refractivity contribution is -0.120. The van der Waals surface area contributed by atoms with Crippen LogP contribution in [0.3, 0.4) is 0 Å². The molecule has 0 saturated heterocycles.